The van der Waals surface area contributed by atoms with E-state index in [-0.39, 0.29) is 52.0 Å². The molecule has 1 aliphatic heterocycles. The second kappa shape index (κ2) is 11.3. The SMILES string of the molecule is O=C(CCn1c(=O)sc2ccccc21)N[C@H]1CC[C@@H](n2c(=O)c3cc(F)cnc3n(C3CCSCC3)c2=O)CC1. The largest absolute Gasteiger partial charge is 0.353 e. The first-order chi connectivity index (χ1) is 19.4. The Morgan fingerprint density at radius 3 is 2.50 bits per heavy atom. The van der Waals surface area contributed by atoms with Crippen LogP contribution in [0.3, 0.4) is 0 Å². The van der Waals surface area contributed by atoms with Crippen molar-refractivity contribution < 1.29 is 9.18 Å². The maximum atomic E-state index is 14.1. The molecule has 4 aromatic rings. The van der Waals surface area contributed by atoms with E-state index in [0.29, 0.717) is 32.2 Å². The van der Waals surface area contributed by atoms with Gasteiger partial charge in [0.15, 0.2) is 0 Å². The third-order valence-corrected chi connectivity index (χ3v) is 10.1. The van der Waals surface area contributed by atoms with Crippen LogP contribution in [-0.4, -0.2) is 42.1 Å². The molecule has 1 aliphatic carbocycles. The number of benzene rings is 1. The fraction of sp³-hybridized carbons (Fsp3) is 0.464. The first-order valence-corrected chi connectivity index (χ1v) is 15.7. The van der Waals surface area contributed by atoms with Crippen molar-refractivity contribution in [3.05, 3.63) is 72.9 Å². The highest BCUT2D eigenvalue weighted by molar-refractivity contribution is 7.99. The Kier molecular flexibility index (Phi) is 7.63. The molecule has 9 nitrogen and oxygen atoms in total. The van der Waals surface area contributed by atoms with Crippen molar-refractivity contribution in [1.82, 2.24) is 24.0 Å². The summed E-state index contributed by atoms with van der Waals surface area (Å²) in [6.07, 6.45) is 5.16. The molecule has 0 unspecified atom stereocenters. The monoisotopic (exact) mass is 583 g/mol. The van der Waals surface area contributed by atoms with Crippen LogP contribution in [0, 0.1) is 5.82 Å². The van der Waals surface area contributed by atoms with Gasteiger partial charge in [0.25, 0.3) is 5.56 Å². The molecule has 2 fully saturated rings. The van der Waals surface area contributed by atoms with Crippen molar-refractivity contribution in [2.45, 2.75) is 69.6 Å². The normalized spacial score (nSPS) is 20.2. The van der Waals surface area contributed by atoms with Crippen molar-refractivity contribution in [3.8, 4) is 0 Å². The van der Waals surface area contributed by atoms with Crippen LogP contribution in [0.25, 0.3) is 21.3 Å². The summed E-state index contributed by atoms with van der Waals surface area (Å²) < 4.78 is 19.6. The molecule has 4 heterocycles. The number of pyridine rings is 1. The Balaban J connectivity index is 1.16. The molecule has 0 spiro atoms. The third-order valence-electron chi connectivity index (χ3n) is 8.04. The van der Waals surface area contributed by atoms with E-state index in [2.05, 4.69) is 10.3 Å². The number of aryl methyl sites for hydroxylation is 1. The number of nitrogens with one attached hydrogen (secondary N) is 1. The van der Waals surface area contributed by atoms with E-state index in [9.17, 15) is 23.6 Å². The lowest BCUT2D eigenvalue weighted by Gasteiger charge is -2.31. The summed E-state index contributed by atoms with van der Waals surface area (Å²) in [6.45, 7) is 0.306. The first kappa shape index (κ1) is 26.9. The number of nitrogens with zero attached hydrogens (tertiary/aromatic N) is 4. The number of carbonyl (C=O) groups is 1. The molecule has 12 heteroatoms. The Labute approximate surface area is 237 Å². The zero-order valence-corrected chi connectivity index (χ0v) is 23.5. The topological polar surface area (TPSA) is 108 Å². The fourth-order valence-corrected chi connectivity index (χ4v) is 8.02. The van der Waals surface area contributed by atoms with E-state index in [4.69, 9.17) is 0 Å². The quantitative estimate of drug-likeness (QED) is 0.370. The standard InChI is InChI=1S/C28H30FN5O4S2/c29-17-15-21-25(30-16-17)33(20-10-13-39-14-11-20)27(37)34(26(21)36)19-7-5-18(6-8-19)31-24(35)9-12-32-22-3-1-2-4-23(22)40-28(32)38/h1-4,15-16,18-20H,5-14H2,(H,31,35)/t18-,19+. The Hall–Kier alpha value is -3.25. The molecule has 210 valence electrons. The number of aromatic nitrogens is 4. The van der Waals surface area contributed by atoms with Gasteiger partial charge >= 0.3 is 10.6 Å². The summed E-state index contributed by atoms with van der Waals surface area (Å²) in [5.74, 6) is 1.10. The number of thioether (sulfide) groups is 1. The summed E-state index contributed by atoms with van der Waals surface area (Å²) in [4.78, 5) is 56.4. The molecule has 0 bridgehead atoms. The molecule has 1 saturated carbocycles. The average Bonchev–Trinajstić information content (AvgIpc) is 3.28. The van der Waals surface area contributed by atoms with Crippen molar-refractivity contribution in [3.63, 3.8) is 0 Å². The number of rotatable bonds is 6. The van der Waals surface area contributed by atoms with Gasteiger partial charge in [0.05, 0.1) is 21.8 Å². The van der Waals surface area contributed by atoms with Gasteiger partial charge in [-0.25, -0.2) is 14.2 Å². The van der Waals surface area contributed by atoms with Crippen LogP contribution in [0.4, 0.5) is 4.39 Å². The van der Waals surface area contributed by atoms with Gasteiger partial charge < -0.3 is 5.32 Å². The zero-order valence-electron chi connectivity index (χ0n) is 21.9. The number of amides is 1. The van der Waals surface area contributed by atoms with Gasteiger partial charge in [-0.1, -0.05) is 23.5 Å². The number of hydrogen-bond acceptors (Lipinski definition) is 7. The number of halogens is 1. The zero-order chi connectivity index (χ0) is 27.8. The Morgan fingerprint density at radius 1 is 1.00 bits per heavy atom. The lowest BCUT2D eigenvalue weighted by molar-refractivity contribution is -0.122. The second-order valence-electron chi connectivity index (χ2n) is 10.5. The van der Waals surface area contributed by atoms with Crippen LogP contribution in [0.1, 0.15) is 57.0 Å². The second-order valence-corrected chi connectivity index (χ2v) is 12.7. The predicted molar refractivity (Wildman–Crippen MR) is 156 cm³/mol. The minimum atomic E-state index is -0.607. The highest BCUT2D eigenvalue weighted by Gasteiger charge is 2.29. The molecule has 0 atom stereocenters. The fourth-order valence-electron chi connectivity index (χ4n) is 6.02. The molecule has 1 N–H and O–H groups in total. The van der Waals surface area contributed by atoms with Crippen molar-refractivity contribution in [1.29, 1.82) is 0 Å². The van der Waals surface area contributed by atoms with Crippen LogP contribution in [0.15, 0.2) is 50.9 Å². The van der Waals surface area contributed by atoms with Gasteiger partial charge in [-0.3, -0.25) is 28.1 Å². The smallest absolute Gasteiger partial charge is 0.333 e. The third kappa shape index (κ3) is 5.14. The van der Waals surface area contributed by atoms with Crippen LogP contribution in [0.2, 0.25) is 0 Å². The molecule has 1 amide bonds. The molecule has 40 heavy (non-hydrogen) atoms. The molecular formula is C28H30FN5O4S2. The number of hydrogen-bond donors (Lipinski definition) is 1. The van der Waals surface area contributed by atoms with Crippen molar-refractivity contribution in [2.24, 2.45) is 0 Å². The highest BCUT2D eigenvalue weighted by Crippen LogP contribution is 2.30. The van der Waals surface area contributed by atoms with E-state index in [1.54, 1.807) is 9.13 Å². The molecule has 0 radical (unpaired) electrons. The maximum Gasteiger partial charge on any atom is 0.333 e. The predicted octanol–water partition coefficient (Wildman–Crippen LogP) is 3.83. The van der Waals surface area contributed by atoms with E-state index >= 15 is 0 Å². The van der Waals surface area contributed by atoms with Crippen LogP contribution in [0.5, 0.6) is 0 Å². The molecule has 1 saturated heterocycles. The summed E-state index contributed by atoms with van der Waals surface area (Å²) >= 11 is 3.01. The number of carbonyl (C=O) groups excluding carboxylic acids is 1. The Bertz CT molecular complexity index is 1750. The number of fused-ring (bicyclic) bond motifs is 2. The van der Waals surface area contributed by atoms with Crippen LogP contribution < -0.4 is 21.4 Å². The molecule has 3 aromatic heterocycles. The van der Waals surface area contributed by atoms with Gasteiger partial charge in [-0.15, -0.1) is 0 Å². The van der Waals surface area contributed by atoms with Gasteiger partial charge in [-0.05, 0) is 68.2 Å². The van der Waals surface area contributed by atoms with Crippen LogP contribution in [-0.2, 0) is 11.3 Å². The summed E-state index contributed by atoms with van der Waals surface area (Å²) in [7, 11) is 0. The lowest BCUT2D eigenvalue weighted by atomic mass is 9.90. The Morgan fingerprint density at radius 2 is 1.73 bits per heavy atom. The number of para-hydroxylation sites is 1. The highest BCUT2D eigenvalue weighted by atomic mass is 32.2. The molecular weight excluding hydrogens is 553 g/mol. The summed E-state index contributed by atoms with van der Waals surface area (Å²) in [5, 5.41) is 3.20. The van der Waals surface area contributed by atoms with Crippen molar-refractivity contribution in [2.75, 3.05) is 11.5 Å². The molecule has 2 aliphatic rings. The maximum absolute atomic E-state index is 14.1. The number of thiazole rings is 1. The first-order valence-electron chi connectivity index (χ1n) is 13.7. The van der Waals surface area contributed by atoms with E-state index in [0.717, 1.165) is 40.8 Å². The minimum absolute atomic E-state index is 0.0763. The molecule has 1 aromatic carbocycles. The van der Waals surface area contributed by atoms with Gasteiger partial charge in [0.2, 0.25) is 5.91 Å². The van der Waals surface area contributed by atoms with Gasteiger partial charge in [0.1, 0.15) is 11.5 Å². The average molecular weight is 584 g/mol. The van der Waals surface area contributed by atoms with Gasteiger partial charge in [-0.2, -0.15) is 11.8 Å². The van der Waals surface area contributed by atoms with Gasteiger partial charge in [0, 0.05) is 31.1 Å². The van der Waals surface area contributed by atoms with E-state index < -0.39 is 11.4 Å². The van der Waals surface area contributed by atoms with Crippen molar-refractivity contribution >= 4 is 50.3 Å². The molecule has 6 rings (SSSR count). The summed E-state index contributed by atoms with van der Waals surface area (Å²) in [6, 6.07) is 8.23. The van der Waals surface area contributed by atoms with E-state index in [1.165, 1.54) is 22.0 Å². The van der Waals surface area contributed by atoms with Crippen LogP contribution >= 0.6 is 23.1 Å². The lowest BCUT2D eigenvalue weighted by Crippen LogP contribution is -2.46. The summed E-state index contributed by atoms with van der Waals surface area (Å²) in [5.41, 5.74) is 0.200. The van der Waals surface area contributed by atoms with E-state index in [1.807, 2.05) is 36.0 Å². The minimum Gasteiger partial charge on any atom is -0.353 e.